The first-order valence-corrected chi connectivity index (χ1v) is 12.9. The summed E-state index contributed by atoms with van der Waals surface area (Å²) in [6, 6.07) is 10.7. The van der Waals surface area contributed by atoms with Gasteiger partial charge in [-0.2, -0.15) is 0 Å². The molecule has 26 heavy (non-hydrogen) atoms. The Morgan fingerprint density at radius 3 is 2.12 bits per heavy atom. The van der Waals surface area contributed by atoms with Gasteiger partial charge in [0, 0.05) is 17.4 Å². The number of unbranched alkanes of at least 4 members (excludes halogenated alkanes) is 9. The highest BCUT2D eigenvalue weighted by atomic mass is 33.1. The first-order valence-electron chi connectivity index (χ1n) is 10.5. The summed E-state index contributed by atoms with van der Waals surface area (Å²) in [5, 5.41) is 0.732. The summed E-state index contributed by atoms with van der Waals surface area (Å²) in [4.78, 5) is 10.4. The number of hydrogen-bond donors (Lipinski definition) is 0. The smallest absolute Gasteiger partial charge is 0.198 e. The molecule has 1 nitrogen and oxygen atoms in total. The first kappa shape index (κ1) is 23.6. The molecule has 147 valence electrons. The predicted octanol–water partition coefficient (Wildman–Crippen LogP) is 8.14. The Morgan fingerprint density at radius 2 is 1.46 bits per heavy atom. The van der Waals surface area contributed by atoms with Crippen LogP contribution in [-0.2, 0) is 10.5 Å². The minimum Gasteiger partial charge on any atom is -0.291 e. The van der Waals surface area contributed by atoms with E-state index in [1.54, 1.807) is 0 Å². The van der Waals surface area contributed by atoms with Gasteiger partial charge in [-0.05, 0) is 24.8 Å². The van der Waals surface area contributed by atoms with Crippen molar-refractivity contribution < 1.29 is 4.79 Å². The van der Waals surface area contributed by atoms with Crippen LogP contribution in [0.1, 0.15) is 96.0 Å². The lowest BCUT2D eigenvalue weighted by Crippen LogP contribution is -2.02. The van der Waals surface area contributed by atoms with Crippen LogP contribution in [-0.4, -0.2) is 11.5 Å². The zero-order chi connectivity index (χ0) is 18.7. The van der Waals surface area contributed by atoms with Crippen molar-refractivity contribution in [3.8, 4) is 0 Å². The molecule has 1 radical (unpaired) electrons. The summed E-state index contributed by atoms with van der Waals surface area (Å²) in [5.41, 5.74) is 1.41. The molecule has 0 aliphatic carbocycles. The Balaban J connectivity index is 2.17. The van der Waals surface area contributed by atoms with Gasteiger partial charge in [0.1, 0.15) is 0 Å². The minimum atomic E-state index is 0.603. The Morgan fingerprint density at radius 1 is 0.846 bits per heavy atom. The van der Waals surface area contributed by atoms with Crippen LogP contribution in [0.5, 0.6) is 0 Å². The quantitative estimate of drug-likeness (QED) is 0.185. The molecule has 0 saturated heterocycles. The van der Waals surface area contributed by atoms with E-state index in [9.17, 15) is 4.79 Å². The Kier molecular flexibility index (Phi) is 16.3. The fourth-order valence-corrected chi connectivity index (χ4v) is 5.97. The predicted molar refractivity (Wildman–Crippen MR) is 121 cm³/mol. The van der Waals surface area contributed by atoms with Gasteiger partial charge in [0.05, 0.1) is 0 Å². The van der Waals surface area contributed by atoms with Gasteiger partial charge in [-0.25, -0.2) is 0 Å². The van der Waals surface area contributed by atoms with Gasteiger partial charge in [0.2, 0.25) is 0 Å². The van der Waals surface area contributed by atoms with Crippen molar-refractivity contribution in [2.24, 2.45) is 0 Å². The van der Waals surface area contributed by atoms with Crippen LogP contribution in [0.4, 0.5) is 0 Å². The van der Waals surface area contributed by atoms with Crippen molar-refractivity contribution in [2.45, 2.75) is 101 Å². The van der Waals surface area contributed by atoms with E-state index in [2.05, 4.69) is 48.0 Å². The Labute approximate surface area is 169 Å². The third-order valence-corrected chi connectivity index (χ3v) is 7.62. The van der Waals surface area contributed by atoms with E-state index in [4.69, 9.17) is 0 Å². The van der Waals surface area contributed by atoms with Crippen LogP contribution in [0.15, 0.2) is 30.3 Å². The first-order chi connectivity index (χ1) is 12.9. The molecule has 0 aliphatic rings. The van der Waals surface area contributed by atoms with E-state index in [0.717, 1.165) is 23.8 Å². The molecular weight excluding hydrogens is 356 g/mol. The molecular formula is C23H37OS2. The van der Waals surface area contributed by atoms with E-state index >= 15 is 0 Å². The molecule has 0 bridgehead atoms. The molecule has 0 amide bonds. The van der Waals surface area contributed by atoms with Crippen molar-refractivity contribution in [1.82, 2.24) is 0 Å². The SMILES string of the molecule is CCCCCCCCCCC(CCCC[C]=O)SSCc1ccccc1. The zero-order valence-electron chi connectivity index (χ0n) is 16.6. The molecule has 0 aromatic heterocycles. The van der Waals surface area contributed by atoms with Gasteiger partial charge < -0.3 is 0 Å². The highest BCUT2D eigenvalue weighted by Gasteiger charge is 2.10. The summed E-state index contributed by atoms with van der Waals surface area (Å²) >= 11 is 0. The van der Waals surface area contributed by atoms with E-state index in [0.29, 0.717) is 6.42 Å². The fourth-order valence-electron chi connectivity index (χ4n) is 3.09. The third-order valence-electron chi connectivity index (χ3n) is 4.71. The normalized spacial score (nSPS) is 12.2. The monoisotopic (exact) mass is 393 g/mol. The molecule has 3 heteroatoms. The molecule has 1 aromatic carbocycles. The fraction of sp³-hybridized carbons (Fsp3) is 0.696. The van der Waals surface area contributed by atoms with Gasteiger partial charge in [0.15, 0.2) is 6.29 Å². The van der Waals surface area contributed by atoms with Crippen molar-refractivity contribution in [3.63, 3.8) is 0 Å². The van der Waals surface area contributed by atoms with Gasteiger partial charge in [-0.15, -0.1) is 0 Å². The maximum absolute atomic E-state index is 10.4. The van der Waals surface area contributed by atoms with Gasteiger partial charge in [-0.1, -0.05) is 117 Å². The third kappa shape index (κ3) is 13.7. The maximum Gasteiger partial charge on any atom is 0.198 e. The standard InChI is InChI=1S/C23H37OS2/c1-2-3-4-5-6-7-8-13-18-23(19-14-10-15-20-24)26-25-21-22-16-11-9-12-17-22/h9,11-12,16-17,23H,2-8,10,13-15,18-19,21H2,1H3. The average Bonchev–Trinajstić information content (AvgIpc) is 2.67. The number of carbonyl (C=O) groups excluding carboxylic acids is 1. The molecule has 1 unspecified atom stereocenters. The van der Waals surface area contributed by atoms with Crippen molar-refractivity contribution >= 4 is 27.9 Å². The van der Waals surface area contributed by atoms with Crippen molar-refractivity contribution in [2.75, 3.05) is 0 Å². The van der Waals surface area contributed by atoms with Crippen molar-refractivity contribution in [1.29, 1.82) is 0 Å². The molecule has 0 fully saturated rings. The molecule has 0 saturated carbocycles. The van der Waals surface area contributed by atoms with Crippen LogP contribution >= 0.6 is 21.6 Å². The molecule has 1 aromatic rings. The highest BCUT2D eigenvalue weighted by molar-refractivity contribution is 8.76. The lowest BCUT2D eigenvalue weighted by molar-refractivity contribution is 0.535. The molecule has 0 aliphatic heterocycles. The van der Waals surface area contributed by atoms with Crippen molar-refractivity contribution in [3.05, 3.63) is 35.9 Å². The van der Waals surface area contributed by atoms with Crippen LogP contribution in [0.3, 0.4) is 0 Å². The number of benzene rings is 1. The maximum atomic E-state index is 10.4. The summed E-state index contributed by atoms with van der Waals surface area (Å²) in [6.07, 6.45) is 18.5. The van der Waals surface area contributed by atoms with Crippen LogP contribution in [0.25, 0.3) is 0 Å². The number of hydrogen-bond acceptors (Lipinski definition) is 3. The van der Waals surface area contributed by atoms with Gasteiger partial charge >= 0.3 is 0 Å². The second kappa shape index (κ2) is 18.0. The Bertz CT molecular complexity index is 421. The molecule has 0 heterocycles. The summed E-state index contributed by atoms with van der Waals surface area (Å²) < 4.78 is 0. The second-order valence-corrected chi connectivity index (χ2v) is 9.79. The van der Waals surface area contributed by atoms with E-state index in [1.165, 1.54) is 69.8 Å². The summed E-state index contributed by atoms with van der Waals surface area (Å²) in [5.74, 6) is 1.08. The molecule has 0 spiro atoms. The van der Waals surface area contributed by atoms with Gasteiger partial charge in [-0.3, -0.25) is 4.79 Å². The zero-order valence-corrected chi connectivity index (χ0v) is 18.2. The Hall–Kier alpha value is -0.410. The lowest BCUT2D eigenvalue weighted by Gasteiger charge is -2.16. The average molecular weight is 394 g/mol. The number of rotatable bonds is 18. The van der Waals surface area contributed by atoms with Crippen LogP contribution in [0.2, 0.25) is 0 Å². The second-order valence-electron chi connectivity index (χ2n) is 7.12. The van der Waals surface area contributed by atoms with Crippen LogP contribution in [0, 0.1) is 0 Å². The van der Waals surface area contributed by atoms with E-state index < -0.39 is 0 Å². The van der Waals surface area contributed by atoms with Crippen LogP contribution < -0.4 is 0 Å². The van der Waals surface area contributed by atoms with E-state index in [-0.39, 0.29) is 0 Å². The lowest BCUT2D eigenvalue weighted by atomic mass is 10.0. The summed E-state index contributed by atoms with van der Waals surface area (Å²) in [6.45, 7) is 2.28. The largest absolute Gasteiger partial charge is 0.291 e. The molecule has 1 atom stereocenters. The van der Waals surface area contributed by atoms with E-state index in [1.807, 2.05) is 17.1 Å². The highest BCUT2D eigenvalue weighted by Crippen LogP contribution is 2.35. The minimum absolute atomic E-state index is 0.603. The molecule has 0 N–H and O–H groups in total. The molecule has 1 rings (SSSR count). The van der Waals surface area contributed by atoms with Gasteiger partial charge in [0.25, 0.3) is 0 Å². The summed E-state index contributed by atoms with van der Waals surface area (Å²) in [7, 11) is 4.06. The topological polar surface area (TPSA) is 17.1 Å².